The fourth-order valence-electron chi connectivity index (χ4n) is 4.42. The first kappa shape index (κ1) is 30.3. The molecule has 0 radical (unpaired) electrons. The number of H-pyrrole nitrogens is 1. The lowest BCUT2D eigenvalue weighted by molar-refractivity contribution is -0.0451. The van der Waals surface area contributed by atoms with Crippen LogP contribution >= 0.6 is 19.3 Å². The third kappa shape index (κ3) is 6.60. The average Bonchev–Trinajstić information content (AvgIpc) is 3.30. The molecule has 1 aliphatic carbocycles. The minimum absolute atomic E-state index is 0.0268. The fourth-order valence-corrected chi connectivity index (χ4v) is 6.11. The number of aryl methyl sites for hydroxylation is 1. The summed E-state index contributed by atoms with van der Waals surface area (Å²) in [7, 11) is -2.53. The molecule has 1 aliphatic heterocycles. The fraction of sp³-hybridized carbons (Fsp3) is 0.462. The first-order valence-electron chi connectivity index (χ1n) is 12.7. The molecule has 4 rings (SSSR count). The van der Waals surface area contributed by atoms with Gasteiger partial charge in [-0.05, 0) is 32.9 Å². The zero-order valence-corrected chi connectivity index (χ0v) is 23.7. The van der Waals surface area contributed by atoms with Gasteiger partial charge < -0.3 is 9.84 Å². The number of halogens is 1. The Morgan fingerprint density at radius 2 is 1.90 bits per heavy atom. The van der Waals surface area contributed by atoms with E-state index in [4.69, 9.17) is 25.4 Å². The zero-order valence-electron chi connectivity index (χ0n) is 22.1. The van der Waals surface area contributed by atoms with Crippen LogP contribution in [0.2, 0.25) is 0 Å². The van der Waals surface area contributed by atoms with E-state index >= 15 is 0 Å². The zero-order chi connectivity index (χ0) is 29.0. The van der Waals surface area contributed by atoms with Gasteiger partial charge in [0.05, 0.1) is 19.3 Å². The van der Waals surface area contributed by atoms with Crippen LogP contribution in [0.3, 0.4) is 0 Å². The van der Waals surface area contributed by atoms with E-state index in [2.05, 4.69) is 4.98 Å². The minimum atomic E-state index is -4.06. The number of allylic oxidation sites excluding steroid dienone is 1. The Morgan fingerprint density at radius 1 is 1.18 bits per heavy atom. The molecule has 4 atom stereocenters. The number of benzene rings is 1. The van der Waals surface area contributed by atoms with Crippen molar-refractivity contribution in [1.29, 1.82) is 0 Å². The van der Waals surface area contributed by atoms with Gasteiger partial charge in [-0.3, -0.25) is 33.0 Å². The van der Waals surface area contributed by atoms with Crippen molar-refractivity contribution in [1.82, 2.24) is 14.2 Å². The Kier molecular flexibility index (Phi) is 9.73. The SMILES string of the molecule is Cc1cn([C@H]2C[C@H](O)[C@@H](COP(=O)(OCC3=CC(=O)c4ccccc4C3=O)N(C)CCCCCl)O2)c(=O)[nH]c1=O. The number of nitrogens with zero attached hydrogens (tertiary/aromatic N) is 2. The molecule has 40 heavy (non-hydrogen) atoms. The van der Waals surface area contributed by atoms with Gasteiger partial charge in [-0.1, -0.05) is 24.3 Å². The van der Waals surface area contributed by atoms with Crippen molar-refractivity contribution in [2.24, 2.45) is 0 Å². The number of aromatic amines is 1. The highest BCUT2D eigenvalue weighted by atomic mass is 35.5. The molecule has 2 heterocycles. The Morgan fingerprint density at radius 3 is 2.62 bits per heavy atom. The highest BCUT2D eigenvalue weighted by molar-refractivity contribution is 7.51. The number of Topliss-reactive ketones (excluding diaryl/α,β-unsaturated/α-hetero) is 1. The summed E-state index contributed by atoms with van der Waals surface area (Å²) < 4.78 is 33.7. The second-order valence-corrected chi connectivity index (χ2v) is 12.1. The molecule has 2 N–H and O–H groups in total. The largest absolute Gasteiger partial charge is 0.408 e. The van der Waals surface area contributed by atoms with E-state index in [0.29, 0.717) is 30.8 Å². The number of carbonyl (C=O) groups is 2. The summed E-state index contributed by atoms with van der Waals surface area (Å²) in [6.07, 6.45) is 0.847. The van der Waals surface area contributed by atoms with E-state index in [1.165, 1.54) is 35.5 Å². The number of ketones is 2. The highest BCUT2D eigenvalue weighted by Crippen LogP contribution is 2.52. The van der Waals surface area contributed by atoms with Crippen LogP contribution in [0.25, 0.3) is 0 Å². The molecule has 2 aromatic rings. The third-order valence-electron chi connectivity index (χ3n) is 6.76. The predicted molar refractivity (Wildman–Crippen MR) is 146 cm³/mol. The monoisotopic (exact) mass is 595 g/mol. The molecule has 216 valence electrons. The van der Waals surface area contributed by atoms with Gasteiger partial charge in [0, 0.05) is 47.3 Å². The van der Waals surface area contributed by atoms with E-state index in [-0.39, 0.29) is 35.5 Å². The molecule has 14 heteroatoms. The number of unbranched alkanes of at least 4 members (excludes halogenated alkanes) is 1. The van der Waals surface area contributed by atoms with Crippen LogP contribution in [0.1, 0.15) is 51.8 Å². The molecule has 12 nitrogen and oxygen atoms in total. The number of nitrogens with one attached hydrogen (secondary N) is 1. The lowest BCUT2D eigenvalue weighted by Gasteiger charge is -2.29. The standard InChI is InChI=1S/C26H31ClN3O9P/c1-16-13-30(26(35)28-25(16)34)23-12-21(32)22(39-23)15-38-40(36,29(2)10-6-5-9-27)37-14-17-11-20(31)18-7-3-4-8-19(18)24(17)33/h3-4,7-8,11,13,21-23,32H,5-6,9-10,12,14-15H2,1-2H3,(H,28,34,35)/t21-,22+,23+,40?/m0/s1. The van der Waals surface area contributed by atoms with Gasteiger partial charge in [0.2, 0.25) is 0 Å². The molecule has 1 saturated heterocycles. The van der Waals surface area contributed by atoms with E-state index in [1.54, 1.807) is 24.3 Å². The Labute approximate surface area is 235 Å². The van der Waals surface area contributed by atoms with Gasteiger partial charge in [-0.25, -0.2) is 14.0 Å². The molecule has 2 aliphatic rings. The quantitative estimate of drug-likeness (QED) is 0.212. The third-order valence-corrected chi connectivity index (χ3v) is 9.00. The van der Waals surface area contributed by atoms with Crippen LogP contribution in [0.4, 0.5) is 0 Å². The second kappa shape index (κ2) is 12.9. The maximum absolute atomic E-state index is 13.9. The summed E-state index contributed by atoms with van der Waals surface area (Å²) in [5, 5.41) is 10.6. The maximum Gasteiger partial charge on any atom is 0.408 e. The van der Waals surface area contributed by atoms with Crippen molar-refractivity contribution in [2.75, 3.05) is 32.7 Å². The molecule has 0 spiro atoms. The van der Waals surface area contributed by atoms with Crippen LogP contribution in [-0.4, -0.2) is 75.8 Å². The number of alkyl halides is 1. The van der Waals surface area contributed by atoms with Crippen molar-refractivity contribution in [3.05, 3.63) is 79.6 Å². The second-order valence-electron chi connectivity index (χ2n) is 9.63. The van der Waals surface area contributed by atoms with E-state index in [0.717, 1.165) is 0 Å². The number of aliphatic hydroxyl groups is 1. The molecule has 0 bridgehead atoms. The molecule has 0 saturated carbocycles. The van der Waals surface area contributed by atoms with Crippen molar-refractivity contribution >= 4 is 30.9 Å². The Bertz CT molecular complexity index is 1470. The van der Waals surface area contributed by atoms with Crippen LogP contribution in [0.5, 0.6) is 0 Å². The number of ether oxygens (including phenoxy) is 1. The first-order chi connectivity index (χ1) is 19.0. The predicted octanol–water partition coefficient (Wildman–Crippen LogP) is 2.59. The van der Waals surface area contributed by atoms with Crippen LogP contribution in [0, 0.1) is 6.92 Å². The number of carbonyl (C=O) groups excluding carboxylic acids is 2. The van der Waals surface area contributed by atoms with Crippen molar-refractivity contribution in [2.45, 2.75) is 44.6 Å². The molecule has 1 fully saturated rings. The van der Waals surface area contributed by atoms with Crippen LogP contribution in [0.15, 0.2) is 51.7 Å². The lowest BCUT2D eigenvalue weighted by Crippen LogP contribution is -2.33. The van der Waals surface area contributed by atoms with E-state index < -0.39 is 49.8 Å². The number of fused-ring (bicyclic) bond motifs is 1. The number of hydrogen-bond acceptors (Lipinski definition) is 9. The number of aliphatic hydroxyl groups excluding tert-OH is 1. The summed E-state index contributed by atoms with van der Waals surface area (Å²) in [6, 6.07) is 6.41. The molecule has 1 aromatic carbocycles. The van der Waals surface area contributed by atoms with Crippen molar-refractivity contribution < 1.29 is 33.0 Å². The van der Waals surface area contributed by atoms with Gasteiger partial charge in [-0.15, -0.1) is 11.6 Å². The summed E-state index contributed by atoms with van der Waals surface area (Å²) in [5.41, 5.74) is -0.363. The minimum Gasteiger partial charge on any atom is -0.390 e. The molecule has 1 unspecified atom stereocenters. The smallest absolute Gasteiger partial charge is 0.390 e. The number of hydrogen-bond donors (Lipinski definition) is 2. The normalized spacial score (nSPS) is 22.3. The maximum atomic E-state index is 13.9. The summed E-state index contributed by atoms with van der Waals surface area (Å²) in [5.74, 6) is -0.359. The molecule has 0 amide bonds. The van der Waals surface area contributed by atoms with Gasteiger partial charge in [0.1, 0.15) is 12.3 Å². The summed E-state index contributed by atoms with van der Waals surface area (Å²) in [4.78, 5) is 51.6. The van der Waals surface area contributed by atoms with Crippen LogP contribution < -0.4 is 11.2 Å². The number of aromatic nitrogens is 2. The van der Waals surface area contributed by atoms with Crippen molar-refractivity contribution in [3.63, 3.8) is 0 Å². The average molecular weight is 596 g/mol. The molecular formula is C26H31ClN3O9P. The van der Waals surface area contributed by atoms with E-state index in [1.807, 2.05) is 0 Å². The van der Waals surface area contributed by atoms with Gasteiger partial charge in [-0.2, -0.15) is 0 Å². The molecule has 1 aromatic heterocycles. The summed E-state index contributed by atoms with van der Waals surface area (Å²) in [6.45, 7) is 1.02. The Balaban J connectivity index is 1.47. The summed E-state index contributed by atoms with van der Waals surface area (Å²) >= 11 is 5.77. The highest BCUT2D eigenvalue weighted by Gasteiger charge is 2.40. The topological polar surface area (TPSA) is 157 Å². The van der Waals surface area contributed by atoms with Crippen molar-refractivity contribution in [3.8, 4) is 0 Å². The van der Waals surface area contributed by atoms with Gasteiger partial charge >= 0.3 is 13.4 Å². The first-order valence-corrected chi connectivity index (χ1v) is 14.8. The number of rotatable bonds is 12. The van der Waals surface area contributed by atoms with Gasteiger partial charge in [0.25, 0.3) is 5.56 Å². The molecular weight excluding hydrogens is 565 g/mol. The lowest BCUT2D eigenvalue weighted by atomic mass is 9.90. The van der Waals surface area contributed by atoms with E-state index in [9.17, 15) is 28.8 Å². The van der Waals surface area contributed by atoms with Gasteiger partial charge in [0.15, 0.2) is 11.6 Å². The Hall–Kier alpha value is -2.70. The van der Waals surface area contributed by atoms with Crippen LogP contribution in [-0.2, 0) is 18.3 Å².